The molecule has 0 N–H and O–H groups in total. The highest BCUT2D eigenvalue weighted by atomic mass is 35.5. The first-order valence-corrected chi connectivity index (χ1v) is 4.20. The van der Waals surface area contributed by atoms with Crippen molar-refractivity contribution in [2.45, 2.75) is 39.8 Å². The van der Waals surface area contributed by atoms with Crippen LogP contribution in [0.3, 0.4) is 0 Å². The Hall–Kier alpha value is -0.520. The quantitative estimate of drug-likeness (QED) is 0.649. The number of carbonyl (C=O) groups excluding carboxylic acids is 1. The Labute approximate surface area is 87.1 Å². The Balaban J connectivity index is 0. The molecule has 0 aliphatic heterocycles. The van der Waals surface area contributed by atoms with Gasteiger partial charge in [-0.15, -0.1) is 18.8 Å². The first-order chi connectivity index (χ1) is 5.50. The van der Waals surface area contributed by atoms with Crippen LogP contribution in [0.2, 0.25) is 0 Å². The molecule has 0 spiro atoms. The zero-order valence-electron chi connectivity index (χ0n) is 8.70. The van der Waals surface area contributed by atoms with Crippen LogP contribution in [-0.2, 0) is 4.79 Å². The van der Waals surface area contributed by atoms with E-state index >= 15 is 0 Å². The molecule has 0 heterocycles. The second kappa shape index (κ2) is 6.94. The monoisotopic (exact) mass is 203 g/mol. The lowest BCUT2D eigenvalue weighted by molar-refractivity contribution is -0.122. The van der Waals surface area contributed by atoms with E-state index in [2.05, 4.69) is 5.92 Å². The van der Waals surface area contributed by atoms with E-state index in [1.54, 1.807) is 6.92 Å². The van der Waals surface area contributed by atoms with E-state index in [4.69, 9.17) is 6.42 Å². The van der Waals surface area contributed by atoms with Crippen LogP contribution in [0.4, 0.5) is 0 Å². The number of nitrogens with zero attached hydrogens (tertiary/aromatic N) is 1. The van der Waals surface area contributed by atoms with Crippen LogP contribution in [0.5, 0.6) is 0 Å². The van der Waals surface area contributed by atoms with Crippen LogP contribution in [-0.4, -0.2) is 29.3 Å². The van der Waals surface area contributed by atoms with Crippen LogP contribution < -0.4 is 0 Å². The molecule has 1 unspecified atom stereocenters. The first kappa shape index (κ1) is 15.0. The summed E-state index contributed by atoms with van der Waals surface area (Å²) in [6.45, 7) is 8.10. The summed E-state index contributed by atoms with van der Waals surface area (Å²) in [6, 6.07) is 0.251. The largest absolute Gasteiger partial charge is 0.298 e. The number of hydrogen-bond acceptors (Lipinski definition) is 2. The number of halogens is 1. The fourth-order valence-corrected chi connectivity index (χ4v) is 1.11. The molecule has 0 aromatic rings. The molecule has 0 saturated heterocycles. The highest BCUT2D eigenvalue weighted by Crippen LogP contribution is 2.04. The standard InChI is InChI=1S/C10H17NO.ClH/c1-6-7-11(8(2)3)9(4)10(5)12;/h1,8-9H,7H2,2-5H3;1H. The molecule has 0 amide bonds. The zero-order chi connectivity index (χ0) is 9.72. The molecule has 13 heavy (non-hydrogen) atoms. The smallest absolute Gasteiger partial charge is 0.146 e. The number of terminal acetylenes is 1. The highest BCUT2D eigenvalue weighted by molar-refractivity contribution is 5.85. The molecule has 0 aliphatic rings. The van der Waals surface area contributed by atoms with Gasteiger partial charge in [0.1, 0.15) is 5.78 Å². The summed E-state index contributed by atoms with van der Waals surface area (Å²) in [5.74, 6) is 2.72. The summed E-state index contributed by atoms with van der Waals surface area (Å²) < 4.78 is 0. The van der Waals surface area contributed by atoms with E-state index < -0.39 is 0 Å². The molecule has 0 aliphatic carbocycles. The molecule has 2 nitrogen and oxygen atoms in total. The Morgan fingerprint density at radius 2 is 1.92 bits per heavy atom. The molecular weight excluding hydrogens is 186 g/mol. The minimum atomic E-state index is -0.0685. The number of hydrogen-bond donors (Lipinski definition) is 0. The molecular formula is C10H18ClNO. The van der Waals surface area contributed by atoms with Gasteiger partial charge in [-0.2, -0.15) is 0 Å². The molecule has 0 radical (unpaired) electrons. The molecule has 0 fully saturated rings. The number of ketones is 1. The highest BCUT2D eigenvalue weighted by Gasteiger charge is 2.19. The summed E-state index contributed by atoms with van der Waals surface area (Å²) in [7, 11) is 0. The van der Waals surface area contributed by atoms with Gasteiger partial charge >= 0.3 is 0 Å². The Kier molecular flexibility index (Phi) is 7.99. The van der Waals surface area contributed by atoms with Gasteiger partial charge in [0.05, 0.1) is 12.6 Å². The van der Waals surface area contributed by atoms with Gasteiger partial charge in [-0.3, -0.25) is 9.69 Å². The maximum Gasteiger partial charge on any atom is 0.146 e. The lowest BCUT2D eigenvalue weighted by atomic mass is 10.1. The van der Waals surface area contributed by atoms with Crippen molar-refractivity contribution in [3.63, 3.8) is 0 Å². The van der Waals surface area contributed by atoms with Crippen molar-refractivity contribution in [2.24, 2.45) is 0 Å². The van der Waals surface area contributed by atoms with Gasteiger partial charge in [-0.1, -0.05) is 5.92 Å². The summed E-state index contributed by atoms with van der Waals surface area (Å²) in [6.07, 6.45) is 5.20. The summed E-state index contributed by atoms with van der Waals surface area (Å²) in [5.41, 5.74) is 0. The van der Waals surface area contributed by atoms with Crippen molar-refractivity contribution < 1.29 is 4.79 Å². The van der Waals surface area contributed by atoms with Gasteiger partial charge in [0.2, 0.25) is 0 Å². The van der Waals surface area contributed by atoms with E-state index in [9.17, 15) is 4.79 Å². The number of carbonyl (C=O) groups is 1. The summed E-state index contributed by atoms with van der Waals surface area (Å²) in [5, 5.41) is 0. The fraction of sp³-hybridized carbons (Fsp3) is 0.700. The maximum absolute atomic E-state index is 11.1. The minimum absolute atomic E-state index is 0. The first-order valence-electron chi connectivity index (χ1n) is 4.20. The molecule has 0 aromatic carbocycles. The van der Waals surface area contributed by atoms with Crippen molar-refractivity contribution in [1.29, 1.82) is 0 Å². The Morgan fingerprint density at radius 1 is 1.46 bits per heavy atom. The van der Waals surface area contributed by atoms with E-state index in [-0.39, 0.29) is 24.2 Å². The summed E-state index contributed by atoms with van der Waals surface area (Å²) >= 11 is 0. The van der Waals surface area contributed by atoms with E-state index in [0.717, 1.165) is 0 Å². The van der Waals surface area contributed by atoms with Crippen LogP contribution in [0.25, 0.3) is 0 Å². The third kappa shape index (κ3) is 4.92. The van der Waals surface area contributed by atoms with Crippen molar-refractivity contribution >= 4 is 18.2 Å². The fourth-order valence-electron chi connectivity index (χ4n) is 1.11. The lowest BCUT2D eigenvalue weighted by Crippen LogP contribution is -2.42. The van der Waals surface area contributed by atoms with Crippen molar-refractivity contribution in [2.75, 3.05) is 6.54 Å². The lowest BCUT2D eigenvalue weighted by Gasteiger charge is -2.28. The molecule has 0 aromatic heterocycles. The van der Waals surface area contributed by atoms with Crippen molar-refractivity contribution in [3.05, 3.63) is 0 Å². The Bertz CT molecular complexity index is 196. The van der Waals surface area contributed by atoms with Gasteiger partial charge in [0, 0.05) is 6.04 Å². The number of Topliss-reactive ketones (excluding diaryl/α,β-unsaturated/α-hetero) is 1. The van der Waals surface area contributed by atoms with Crippen LogP contribution >= 0.6 is 12.4 Å². The van der Waals surface area contributed by atoms with Crippen LogP contribution in [0.15, 0.2) is 0 Å². The second-order valence-corrected chi connectivity index (χ2v) is 3.26. The Morgan fingerprint density at radius 3 is 2.15 bits per heavy atom. The SMILES string of the molecule is C#CCN(C(C)C)C(C)C(C)=O.Cl. The zero-order valence-corrected chi connectivity index (χ0v) is 9.52. The predicted octanol–water partition coefficient (Wildman–Crippen LogP) is 1.73. The van der Waals surface area contributed by atoms with Crippen LogP contribution in [0, 0.1) is 12.3 Å². The van der Waals surface area contributed by atoms with Gasteiger partial charge in [-0.25, -0.2) is 0 Å². The molecule has 76 valence electrons. The molecule has 3 heteroatoms. The molecule has 0 rings (SSSR count). The topological polar surface area (TPSA) is 20.3 Å². The third-order valence-electron chi connectivity index (χ3n) is 2.02. The van der Waals surface area contributed by atoms with Gasteiger partial charge in [-0.05, 0) is 27.7 Å². The third-order valence-corrected chi connectivity index (χ3v) is 2.02. The number of rotatable bonds is 4. The maximum atomic E-state index is 11.1. The molecule has 0 saturated carbocycles. The average molecular weight is 204 g/mol. The molecule has 1 atom stereocenters. The average Bonchev–Trinajstić information content (AvgIpc) is 1.98. The van der Waals surface area contributed by atoms with E-state index in [1.807, 2.05) is 25.7 Å². The van der Waals surface area contributed by atoms with Crippen molar-refractivity contribution in [1.82, 2.24) is 4.90 Å². The van der Waals surface area contributed by atoms with Gasteiger partial charge in [0.25, 0.3) is 0 Å². The minimum Gasteiger partial charge on any atom is -0.298 e. The normalized spacial score (nSPS) is 12.1. The van der Waals surface area contributed by atoms with E-state index in [1.165, 1.54) is 0 Å². The second-order valence-electron chi connectivity index (χ2n) is 3.26. The molecule has 0 bridgehead atoms. The van der Waals surface area contributed by atoms with Crippen LogP contribution in [0.1, 0.15) is 27.7 Å². The summed E-state index contributed by atoms with van der Waals surface area (Å²) in [4.78, 5) is 13.1. The predicted molar refractivity (Wildman–Crippen MR) is 58.1 cm³/mol. The van der Waals surface area contributed by atoms with Gasteiger partial charge in [0.15, 0.2) is 0 Å². The van der Waals surface area contributed by atoms with Gasteiger partial charge < -0.3 is 0 Å². The van der Waals surface area contributed by atoms with Crippen molar-refractivity contribution in [3.8, 4) is 12.3 Å². The van der Waals surface area contributed by atoms with E-state index in [0.29, 0.717) is 12.6 Å².